The zero-order valence-electron chi connectivity index (χ0n) is 17.4. The van der Waals surface area contributed by atoms with E-state index < -0.39 is 11.9 Å². The average molecular weight is 431 g/mol. The number of carboxylic acids is 2. The number of hydrogen-bond acceptors (Lipinski definition) is 7. The normalized spacial score (nSPS) is 13.5. The van der Waals surface area contributed by atoms with Crippen molar-refractivity contribution < 1.29 is 34.1 Å². The molecule has 1 aliphatic rings. The summed E-state index contributed by atoms with van der Waals surface area (Å²) in [7, 11) is 3.13. The van der Waals surface area contributed by atoms with E-state index in [4.69, 9.17) is 29.3 Å². The zero-order chi connectivity index (χ0) is 22.8. The van der Waals surface area contributed by atoms with Gasteiger partial charge >= 0.3 is 11.9 Å². The van der Waals surface area contributed by atoms with Gasteiger partial charge in [0.1, 0.15) is 17.1 Å². The highest BCUT2D eigenvalue weighted by molar-refractivity contribution is 6.27. The Morgan fingerprint density at radius 3 is 1.97 bits per heavy atom. The molecule has 10 heteroatoms. The number of carbonyl (C=O) groups is 3. The van der Waals surface area contributed by atoms with Gasteiger partial charge in [-0.05, 0) is 23.8 Å². The Hall–Kier alpha value is -3.66. The molecule has 0 atom stereocenters. The van der Waals surface area contributed by atoms with Crippen LogP contribution in [-0.2, 0) is 16.1 Å². The largest absolute Gasteiger partial charge is 0.496 e. The van der Waals surface area contributed by atoms with E-state index >= 15 is 0 Å². The van der Waals surface area contributed by atoms with Crippen molar-refractivity contribution in [2.24, 2.45) is 0 Å². The number of aliphatic carboxylic acids is 2. The highest BCUT2D eigenvalue weighted by atomic mass is 16.5. The van der Waals surface area contributed by atoms with Crippen molar-refractivity contribution >= 4 is 17.8 Å². The fourth-order valence-electron chi connectivity index (χ4n) is 3.08. The van der Waals surface area contributed by atoms with Crippen LogP contribution in [0.1, 0.15) is 15.9 Å². The third kappa shape index (κ3) is 6.68. The minimum atomic E-state index is -1.82. The van der Waals surface area contributed by atoms with Gasteiger partial charge in [0.2, 0.25) is 0 Å². The average Bonchev–Trinajstić information content (AvgIpc) is 2.79. The van der Waals surface area contributed by atoms with E-state index in [9.17, 15) is 4.79 Å². The predicted octanol–water partition coefficient (Wildman–Crippen LogP) is 1.21. The molecule has 0 unspecified atom stereocenters. The van der Waals surface area contributed by atoms with Gasteiger partial charge in [-0.2, -0.15) is 0 Å². The maximum atomic E-state index is 13.0. The molecule has 1 aromatic carbocycles. The number of pyridine rings is 1. The number of hydrogen-bond donors (Lipinski definition) is 2. The van der Waals surface area contributed by atoms with Crippen LogP contribution in [-0.4, -0.2) is 83.2 Å². The Bertz CT molecular complexity index is 863. The molecule has 31 heavy (non-hydrogen) atoms. The standard InChI is InChI=1S/C19H23N3O3.C2H2O4/c1-24-16-6-3-7-17(25-2)18(16)19(23)22-11-9-21(10-12-22)14-15-5-4-8-20-13-15;3-1(4)2(5)6/h3-8,13H,9-12,14H2,1-2H3;(H,3,4)(H,5,6). The molecule has 0 spiro atoms. The molecule has 2 heterocycles. The summed E-state index contributed by atoms with van der Waals surface area (Å²) in [5.41, 5.74) is 1.68. The van der Waals surface area contributed by atoms with Crippen LogP contribution in [0.2, 0.25) is 0 Å². The topological polar surface area (TPSA) is 130 Å². The van der Waals surface area contributed by atoms with Crippen LogP contribution in [0.4, 0.5) is 0 Å². The van der Waals surface area contributed by atoms with Crippen LogP contribution >= 0.6 is 0 Å². The SMILES string of the molecule is COc1cccc(OC)c1C(=O)N1CCN(Cc2cccnc2)CC1.O=C(O)C(=O)O. The van der Waals surface area contributed by atoms with Crippen LogP contribution in [0.3, 0.4) is 0 Å². The van der Waals surface area contributed by atoms with E-state index in [1.165, 1.54) is 5.56 Å². The summed E-state index contributed by atoms with van der Waals surface area (Å²) in [5.74, 6) is -2.61. The number of piperazine rings is 1. The van der Waals surface area contributed by atoms with E-state index in [0.717, 1.165) is 19.6 Å². The van der Waals surface area contributed by atoms with Crippen molar-refractivity contribution in [2.75, 3.05) is 40.4 Å². The fourth-order valence-corrected chi connectivity index (χ4v) is 3.08. The number of rotatable bonds is 5. The molecule has 1 saturated heterocycles. The first-order valence-electron chi connectivity index (χ1n) is 9.45. The molecule has 1 amide bonds. The first kappa shape index (κ1) is 23.6. The molecule has 3 rings (SSSR count). The summed E-state index contributed by atoms with van der Waals surface area (Å²) in [6.45, 7) is 3.88. The fraction of sp³-hybridized carbons (Fsp3) is 0.333. The molecule has 1 aromatic heterocycles. The van der Waals surface area contributed by atoms with E-state index in [1.807, 2.05) is 23.2 Å². The first-order chi connectivity index (χ1) is 14.9. The molecule has 0 radical (unpaired) electrons. The zero-order valence-corrected chi connectivity index (χ0v) is 17.4. The number of nitrogens with zero attached hydrogens (tertiary/aromatic N) is 3. The second-order valence-electron chi connectivity index (χ2n) is 6.58. The molecule has 0 bridgehead atoms. The number of methoxy groups -OCH3 is 2. The lowest BCUT2D eigenvalue weighted by atomic mass is 10.1. The maximum absolute atomic E-state index is 13.0. The van der Waals surface area contributed by atoms with E-state index in [1.54, 1.807) is 32.5 Å². The lowest BCUT2D eigenvalue weighted by Gasteiger charge is -2.35. The highest BCUT2D eigenvalue weighted by Crippen LogP contribution is 2.29. The van der Waals surface area contributed by atoms with E-state index in [2.05, 4.69) is 16.0 Å². The van der Waals surface area contributed by atoms with Crippen molar-refractivity contribution in [3.8, 4) is 11.5 Å². The van der Waals surface area contributed by atoms with Gasteiger partial charge in [0.25, 0.3) is 5.91 Å². The lowest BCUT2D eigenvalue weighted by Crippen LogP contribution is -2.48. The summed E-state index contributed by atoms with van der Waals surface area (Å²) < 4.78 is 10.7. The Balaban J connectivity index is 0.000000501. The Morgan fingerprint density at radius 2 is 1.52 bits per heavy atom. The molecule has 1 aliphatic heterocycles. The van der Waals surface area contributed by atoms with Gasteiger partial charge in [0.15, 0.2) is 0 Å². The molecule has 10 nitrogen and oxygen atoms in total. The van der Waals surface area contributed by atoms with Crippen molar-refractivity contribution in [1.29, 1.82) is 0 Å². The Morgan fingerprint density at radius 1 is 0.935 bits per heavy atom. The van der Waals surface area contributed by atoms with Gasteiger partial charge < -0.3 is 24.6 Å². The van der Waals surface area contributed by atoms with Gasteiger partial charge in [-0.1, -0.05) is 12.1 Å². The smallest absolute Gasteiger partial charge is 0.414 e. The van der Waals surface area contributed by atoms with Gasteiger partial charge in [0, 0.05) is 45.1 Å². The van der Waals surface area contributed by atoms with Gasteiger partial charge in [0.05, 0.1) is 14.2 Å². The van der Waals surface area contributed by atoms with Crippen LogP contribution < -0.4 is 9.47 Å². The van der Waals surface area contributed by atoms with Crippen molar-refractivity contribution in [3.63, 3.8) is 0 Å². The summed E-state index contributed by atoms with van der Waals surface area (Å²) >= 11 is 0. The third-order valence-corrected chi connectivity index (χ3v) is 4.61. The van der Waals surface area contributed by atoms with Crippen LogP contribution in [0.15, 0.2) is 42.7 Å². The molecule has 0 saturated carbocycles. The quantitative estimate of drug-likeness (QED) is 0.671. The van der Waals surface area contributed by atoms with Gasteiger partial charge in [-0.25, -0.2) is 9.59 Å². The Labute approximate surface area is 179 Å². The number of ether oxygens (including phenoxy) is 2. The highest BCUT2D eigenvalue weighted by Gasteiger charge is 2.27. The summed E-state index contributed by atoms with van der Waals surface area (Å²) in [4.78, 5) is 39.5. The number of carbonyl (C=O) groups excluding carboxylic acids is 1. The third-order valence-electron chi connectivity index (χ3n) is 4.61. The van der Waals surface area contributed by atoms with Crippen molar-refractivity contribution in [2.45, 2.75) is 6.54 Å². The summed E-state index contributed by atoms with van der Waals surface area (Å²) in [6.07, 6.45) is 3.66. The van der Waals surface area contributed by atoms with E-state index in [0.29, 0.717) is 30.2 Å². The van der Waals surface area contributed by atoms with Gasteiger partial charge in [-0.3, -0.25) is 14.7 Å². The summed E-state index contributed by atoms with van der Waals surface area (Å²) in [6, 6.07) is 9.41. The Kier molecular flexibility index (Phi) is 8.77. The van der Waals surface area contributed by atoms with E-state index in [-0.39, 0.29) is 5.91 Å². The molecule has 1 fully saturated rings. The minimum absolute atomic E-state index is 0.0460. The summed E-state index contributed by atoms with van der Waals surface area (Å²) in [5, 5.41) is 14.8. The second kappa shape index (κ2) is 11.5. The monoisotopic (exact) mass is 431 g/mol. The van der Waals surface area contributed by atoms with Crippen LogP contribution in [0, 0.1) is 0 Å². The molecule has 2 aromatic rings. The minimum Gasteiger partial charge on any atom is -0.496 e. The molecular formula is C21H25N3O7. The van der Waals surface area contributed by atoms with Crippen LogP contribution in [0.25, 0.3) is 0 Å². The predicted molar refractivity (Wildman–Crippen MR) is 110 cm³/mol. The van der Waals surface area contributed by atoms with Crippen LogP contribution in [0.5, 0.6) is 11.5 Å². The molecular weight excluding hydrogens is 406 g/mol. The number of carboxylic acid groups (broad SMARTS) is 2. The number of benzene rings is 1. The van der Waals surface area contributed by atoms with Gasteiger partial charge in [-0.15, -0.1) is 0 Å². The molecule has 2 N–H and O–H groups in total. The second-order valence-corrected chi connectivity index (χ2v) is 6.58. The lowest BCUT2D eigenvalue weighted by molar-refractivity contribution is -0.159. The number of amides is 1. The molecule has 0 aliphatic carbocycles. The first-order valence-corrected chi connectivity index (χ1v) is 9.45. The van der Waals surface area contributed by atoms with Crippen molar-refractivity contribution in [1.82, 2.24) is 14.8 Å². The molecule has 166 valence electrons. The van der Waals surface area contributed by atoms with Crippen molar-refractivity contribution in [3.05, 3.63) is 53.9 Å². The number of aromatic nitrogens is 1. The maximum Gasteiger partial charge on any atom is 0.414 e.